The molecular formula is C23H19FN4O3. The van der Waals surface area contributed by atoms with E-state index >= 15 is 0 Å². The molecule has 1 fully saturated rings. The molecule has 1 N–H and O–H groups in total. The standard InChI is InChI=1S/C23H19FN4O3/c1-28-21-14(5-4-9-26-21)15-12-16(15)20(23(28)30)27-22(29)18-11-13(8-10-25-18)31-19-7-3-2-6-17(19)24/h2-11,15-16,20H,12H2,1H3,(H,27,29)/t15-,16-,20-/m0/s1. The largest absolute Gasteiger partial charge is 0.454 e. The third-order valence-electron chi connectivity index (χ3n) is 5.71. The van der Waals surface area contributed by atoms with E-state index in [4.69, 9.17) is 4.74 Å². The number of ether oxygens (including phenoxy) is 1. The van der Waals surface area contributed by atoms with Crippen molar-refractivity contribution in [1.82, 2.24) is 15.3 Å². The fourth-order valence-electron chi connectivity index (χ4n) is 4.05. The number of rotatable bonds is 4. The molecule has 0 radical (unpaired) electrons. The van der Waals surface area contributed by atoms with Crippen molar-refractivity contribution in [3.05, 3.63) is 78.0 Å². The summed E-state index contributed by atoms with van der Waals surface area (Å²) in [5.74, 6) is -0.0520. The predicted octanol–water partition coefficient (Wildman–Crippen LogP) is 3.29. The molecule has 8 heteroatoms. The van der Waals surface area contributed by atoms with Gasteiger partial charge in [0.15, 0.2) is 11.6 Å². The van der Waals surface area contributed by atoms with Crippen LogP contribution in [0.2, 0.25) is 0 Å². The van der Waals surface area contributed by atoms with Crippen LogP contribution in [0.15, 0.2) is 60.9 Å². The number of aromatic nitrogens is 2. The van der Waals surface area contributed by atoms with Crippen molar-refractivity contribution in [2.45, 2.75) is 18.4 Å². The quantitative estimate of drug-likeness (QED) is 0.703. The molecule has 31 heavy (non-hydrogen) atoms. The number of benzene rings is 1. The van der Waals surface area contributed by atoms with Gasteiger partial charge in [-0.25, -0.2) is 9.37 Å². The van der Waals surface area contributed by atoms with Crippen molar-refractivity contribution in [3.63, 3.8) is 0 Å². The number of para-hydroxylation sites is 1. The van der Waals surface area contributed by atoms with Crippen LogP contribution in [0.4, 0.5) is 10.2 Å². The van der Waals surface area contributed by atoms with Crippen LogP contribution >= 0.6 is 0 Å². The van der Waals surface area contributed by atoms with E-state index in [2.05, 4.69) is 15.3 Å². The summed E-state index contributed by atoms with van der Waals surface area (Å²) < 4.78 is 19.4. The second-order valence-corrected chi connectivity index (χ2v) is 7.68. The number of hydrogen-bond acceptors (Lipinski definition) is 5. The molecule has 156 valence electrons. The lowest BCUT2D eigenvalue weighted by atomic mass is 10.1. The van der Waals surface area contributed by atoms with Gasteiger partial charge in [0, 0.05) is 25.5 Å². The van der Waals surface area contributed by atoms with Crippen LogP contribution in [0.3, 0.4) is 0 Å². The Hall–Kier alpha value is -3.81. The summed E-state index contributed by atoms with van der Waals surface area (Å²) in [6.45, 7) is 0. The van der Waals surface area contributed by atoms with E-state index in [0.29, 0.717) is 5.82 Å². The number of nitrogens with one attached hydrogen (secondary N) is 1. The van der Waals surface area contributed by atoms with Gasteiger partial charge in [0.2, 0.25) is 0 Å². The zero-order valence-electron chi connectivity index (χ0n) is 16.7. The molecular weight excluding hydrogens is 399 g/mol. The number of amides is 2. The lowest BCUT2D eigenvalue weighted by Gasteiger charge is -2.22. The summed E-state index contributed by atoms with van der Waals surface area (Å²) in [5, 5.41) is 2.83. The first-order valence-electron chi connectivity index (χ1n) is 9.94. The molecule has 0 bridgehead atoms. The Morgan fingerprint density at radius 1 is 1.16 bits per heavy atom. The van der Waals surface area contributed by atoms with E-state index in [1.54, 1.807) is 25.4 Å². The van der Waals surface area contributed by atoms with Crippen molar-refractivity contribution in [2.24, 2.45) is 5.92 Å². The summed E-state index contributed by atoms with van der Waals surface area (Å²) in [7, 11) is 1.67. The van der Waals surface area contributed by atoms with Gasteiger partial charge in [-0.1, -0.05) is 18.2 Å². The Morgan fingerprint density at radius 2 is 2.00 bits per heavy atom. The lowest BCUT2D eigenvalue weighted by Crippen LogP contribution is -2.48. The molecule has 2 amide bonds. The Morgan fingerprint density at radius 3 is 2.84 bits per heavy atom. The van der Waals surface area contributed by atoms with Gasteiger partial charge in [-0.2, -0.15) is 0 Å². The number of anilines is 1. The molecule has 1 aromatic carbocycles. The smallest absolute Gasteiger partial charge is 0.270 e. The van der Waals surface area contributed by atoms with Crippen LogP contribution in [0.25, 0.3) is 0 Å². The van der Waals surface area contributed by atoms with Gasteiger partial charge < -0.3 is 10.1 Å². The maximum Gasteiger partial charge on any atom is 0.270 e. The fourth-order valence-corrected chi connectivity index (χ4v) is 4.05. The Kier molecular flexibility index (Phi) is 4.62. The van der Waals surface area contributed by atoms with Crippen molar-refractivity contribution in [1.29, 1.82) is 0 Å². The average molecular weight is 418 g/mol. The van der Waals surface area contributed by atoms with Gasteiger partial charge in [-0.05, 0) is 48.1 Å². The SMILES string of the molecule is CN1C(=O)[C@@H](NC(=O)c2cc(Oc3ccccc3F)ccn2)[C@H]2C[C@H]2c2cccnc21. The van der Waals surface area contributed by atoms with E-state index in [9.17, 15) is 14.0 Å². The minimum absolute atomic E-state index is 0.0159. The maximum atomic E-state index is 13.9. The van der Waals surface area contributed by atoms with Crippen LogP contribution in [0, 0.1) is 11.7 Å². The minimum atomic E-state index is -0.672. The first-order valence-corrected chi connectivity index (χ1v) is 9.94. The fraction of sp³-hybridized carbons (Fsp3) is 0.217. The summed E-state index contributed by atoms with van der Waals surface area (Å²) in [6, 6.07) is 12.1. The van der Waals surface area contributed by atoms with Crippen molar-refractivity contribution >= 4 is 17.6 Å². The summed E-state index contributed by atoms with van der Waals surface area (Å²) in [6.07, 6.45) is 3.88. The van der Waals surface area contributed by atoms with Crippen LogP contribution < -0.4 is 15.0 Å². The first-order chi connectivity index (χ1) is 15.0. The summed E-state index contributed by atoms with van der Waals surface area (Å²) >= 11 is 0. The van der Waals surface area contributed by atoms with Gasteiger partial charge in [0.05, 0.1) is 0 Å². The second-order valence-electron chi connectivity index (χ2n) is 7.68. The Bertz CT molecular complexity index is 1180. The molecule has 2 aromatic heterocycles. The molecule has 1 aliphatic heterocycles. The van der Waals surface area contributed by atoms with Gasteiger partial charge in [0.25, 0.3) is 11.8 Å². The summed E-state index contributed by atoms with van der Waals surface area (Å²) in [5.41, 5.74) is 1.11. The highest BCUT2D eigenvalue weighted by Crippen LogP contribution is 2.53. The molecule has 2 aliphatic rings. The Labute approximate surface area is 177 Å². The van der Waals surface area contributed by atoms with E-state index in [-0.39, 0.29) is 34.9 Å². The highest BCUT2D eigenvalue weighted by atomic mass is 19.1. The van der Waals surface area contributed by atoms with E-state index < -0.39 is 17.8 Å². The molecule has 7 nitrogen and oxygen atoms in total. The van der Waals surface area contributed by atoms with Crippen LogP contribution in [-0.2, 0) is 4.79 Å². The topological polar surface area (TPSA) is 84.4 Å². The minimum Gasteiger partial charge on any atom is -0.454 e. The lowest BCUT2D eigenvalue weighted by molar-refractivity contribution is -0.120. The number of fused-ring (bicyclic) bond motifs is 3. The number of nitrogens with zero attached hydrogens (tertiary/aromatic N) is 3. The number of halogens is 1. The van der Waals surface area contributed by atoms with E-state index in [0.717, 1.165) is 12.0 Å². The number of likely N-dealkylation sites (N-methyl/N-ethyl adjacent to an activating group) is 1. The molecule has 5 rings (SSSR count). The molecule has 1 saturated carbocycles. The van der Waals surface area contributed by atoms with E-state index in [1.165, 1.54) is 35.4 Å². The molecule has 3 atom stereocenters. The predicted molar refractivity (Wildman–Crippen MR) is 110 cm³/mol. The monoisotopic (exact) mass is 418 g/mol. The third kappa shape index (κ3) is 3.50. The number of carbonyl (C=O) groups is 2. The zero-order valence-corrected chi connectivity index (χ0v) is 16.7. The molecule has 1 aliphatic carbocycles. The molecule has 0 spiro atoms. The van der Waals surface area contributed by atoms with Crippen LogP contribution in [-0.4, -0.2) is 34.9 Å². The number of carbonyl (C=O) groups excluding carboxylic acids is 2. The zero-order chi connectivity index (χ0) is 21.5. The van der Waals surface area contributed by atoms with Crippen LogP contribution in [0.5, 0.6) is 11.5 Å². The van der Waals surface area contributed by atoms with Crippen molar-refractivity contribution in [3.8, 4) is 11.5 Å². The normalized spacial score (nSPS) is 21.5. The van der Waals surface area contributed by atoms with Gasteiger partial charge in [-0.15, -0.1) is 0 Å². The van der Waals surface area contributed by atoms with Crippen LogP contribution in [0.1, 0.15) is 28.4 Å². The van der Waals surface area contributed by atoms with E-state index in [1.807, 2.05) is 12.1 Å². The number of hydrogen-bond donors (Lipinski definition) is 1. The average Bonchev–Trinajstić information content (AvgIpc) is 3.59. The molecule has 3 aromatic rings. The Balaban J connectivity index is 1.35. The second kappa shape index (κ2) is 7.46. The van der Waals surface area contributed by atoms with Gasteiger partial charge in [0.1, 0.15) is 23.3 Å². The van der Waals surface area contributed by atoms with Crippen molar-refractivity contribution < 1.29 is 18.7 Å². The third-order valence-corrected chi connectivity index (χ3v) is 5.71. The van der Waals surface area contributed by atoms with Gasteiger partial charge >= 0.3 is 0 Å². The summed E-state index contributed by atoms with van der Waals surface area (Å²) in [4.78, 5) is 35.9. The molecule has 0 unspecified atom stereocenters. The van der Waals surface area contributed by atoms with Crippen molar-refractivity contribution in [2.75, 3.05) is 11.9 Å². The first kappa shape index (κ1) is 19.2. The molecule has 0 saturated heterocycles. The highest BCUT2D eigenvalue weighted by molar-refractivity contribution is 6.02. The maximum absolute atomic E-state index is 13.9. The highest BCUT2D eigenvalue weighted by Gasteiger charge is 2.52. The molecule has 3 heterocycles. The number of pyridine rings is 2. The van der Waals surface area contributed by atoms with Gasteiger partial charge in [-0.3, -0.25) is 19.5 Å².